The number of carbonyl (C=O) groups excluding carboxylic acids is 2. The van der Waals surface area contributed by atoms with Gasteiger partial charge in [-0.1, -0.05) is 13.8 Å². The van der Waals surface area contributed by atoms with Crippen LogP contribution in [-0.2, 0) is 19.0 Å². The van der Waals surface area contributed by atoms with E-state index in [-0.39, 0.29) is 30.3 Å². The van der Waals surface area contributed by atoms with Crippen molar-refractivity contribution in [3.8, 4) is 0 Å². The number of likely N-dealkylation sites (tertiary alicyclic amines) is 1. The summed E-state index contributed by atoms with van der Waals surface area (Å²) in [5.74, 6) is 0.499. The van der Waals surface area contributed by atoms with Crippen molar-refractivity contribution in [3.05, 3.63) is 0 Å². The van der Waals surface area contributed by atoms with Crippen LogP contribution in [-0.4, -0.2) is 106 Å². The number of aliphatic hydroxyl groups is 1. The zero-order chi connectivity index (χ0) is 23.6. The fourth-order valence-electron chi connectivity index (χ4n) is 4.44. The molecule has 9 heteroatoms. The summed E-state index contributed by atoms with van der Waals surface area (Å²) in [5, 5.41) is 13.7. The molecule has 32 heavy (non-hydrogen) atoms. The molecule has 0 spiro atoms. The predicted molar refractivity (Wildman–Crippen MR) is 121 cm³/mol. The summed E-state index contributed by atoms with van der Waals surface area (Å²) in [6.07, 6.45) is 2.31. The van der Waals surface area contributed by atoms with Crippen LogP contribution in [0.25, 0.3) is 0 Å². The van der Waals surface area contributed by atoms with Gasteiger partial charge < -0.3 is 34.4 Å². The van der Waals surface area contributed by atoms with Crippen LogP contribution in [0.4, 0.5) is 4.79 Å². The highest BCUT2D eigenvalue weighted by Crippen LogP contribution is 2.32. The summed E-state index contributed by atoms with van der Waals surface area (Å²) >= 11 is 0. The molecule has 0 aromatic carbocycles. The van der Waals surface area contributed by atoms with Crippen LogP contribution in [0.5, 0.6) is 0 Å². The molecule has 2 aliphatic heterocycles. The third-order valence-electron chi connectivity index (χ3n) is 6.75. The first-order valence-electron chi connectivity index (χ1n) is 11.8. The molecule has 0 bridgehead atoms. The lowest BCUT2D eigenvalue weighted by molar-refractivity contribution is -0.137. The van der Waals surface area contributed by atoms with Gasteiger partial charge >= 0.3 is 6.03 Å². The van der Waals surface area contributed by atoms with Crippen LogP contribution in [0.3, 0.4) is 0 Å². The maximum atomic E-state index is 13.2. The zero-order valence-corrected chi connectivity index (χ0v) is 20.3. The number of hydrogen-bond acceptors (Lipinski definition) is 6. The molecule has 186 valence electrons. The van der Waals surface area contributed by atoms with Crippen LogP contribution in [0, 0.1) is 17.3 Å². The van der Waals surface area contributed by atoms with Gasteiger partial charge in [-0.05, 0) is 31.1 Å². The number of fused-ring (bicyclic) bond motifs is 1. The molecular weight excluding hydrogens is 414 g/mol. The number of piperidine rings is 1. The Morgan fingerprint density at radius 2 is 1.94 bits per heavy atom. The van der Waals surface area contributed by atoms with Crippen molar-refractivity contribution >= 4 is 11.9 Å². The first-order chi connectivity index (χ1) is 15.3. The predicted octanol–water partition coefficient (Wildman–Crippen LogP) is 1.34. The minimum absolute atomic E-state index is 0.0464. The summed E-state index contributed by atoms with van der Waals surface area (Å²) in [4.78, 5) is 29.4. The third kappa shape index (κ3) is 8.17. The number of amides is 3. The van der Waals surface area contributed by atoms with E-state index in [1.54, 1.807) is 19.1 Å². The summed E-state index contributed by atoms with van der Waals surface area (Å²) in [6, 6.07) is -0.0717. The molecule has 2 heterocycles. The summed E-state index contributed by atoms with van der Waals surface area (Å²) in [6.45, 7) is 8.38. The number of hydrogen-bond donors (Lipinski definition) is 2. The first-order valence-corrected chi connectivity index (χ1v) is 11.8. The van der Waals surface area contributed by atoms with E-state index >= 15 is 0 Å². The topological polar surface area (TPSA) is 101 Å². The summed E-state index contributed by atoms with van der Waals surface area (Å²) in [7, 11) is 3.22. The van der Waals surface area contributed by atoms with E-state index in [2.05, 4.69) is 5.32 Å². The van der Waals surface area contributed by atoms with Gasteiger partial charge in [0.25, 0.3) is 0 Å². The SMILES string of the molecule is COCCNC(=O)N1CC[C@H]2CC(=O)N(CCOC)C[C@H](O)C(C)(C)COCCC[C@H]2C1. The highest BCUT2D eigenvalue weighted by Gasteiger charge is 2.36. The Labute approximate surface area is 192 Å². The average molecular weight is 458 g/mol. The van der Waals surface area contributed by atoms with Crippen molar-refractivity contribution in [1.29, 1.82) is 0 Å². The van der Waals surface area contributed by atoms with Gasteiger partial charge in [-0.25, -0.2) is 4.79 Å². The molecule has 2 N–H and O–H groups in total. The van der Waals surface area contributed by atoms with Crippen molar-refractivity contribution in [3.63, 3.8) is 0 Å². The molecule has 0 saturated carbocycles. The van der Waals surface area contributed by atoms with Crippen LogP contribution in [0.2, 0.25) is 0 Å². The third-order valence-corrected chi connectivity index (χ3v) is 6.75. The van der Waals surface area contributed by atoms with Gasteiger partial charge in [0, 0.05) is 65.4 Å². The number of nitrogens with zero attached hydrogens (tertiary/aromatic N) is 2. The Hall–Kier alpha value is -1.42. The van der Waals surface area contributed by atoms with Crippen molar-refractivity contribution in [2.45, 2.75) is 45.6 Å². The van der Waals surface area contributed by atoms with E-state index in [1.807, 2.05) is 18.7 Å². The Morgan fingerprint density at radius 3 is 2.66 bits per heavy atom. The number of aliphatic hydroxyl groups excluding tert-OH is 1. The smallest absolute Gasteiger partial charge is 0.317 e. The molecule has 9 nitrogen and oxygen atoms in total. The van der Waals surface area contributed by atoms with Gasteiger partial charge in [-0.3, -0.25) is 4.79 Å². The summed E-state index contributed by atoms with van der Waals surface area (Å²) < 4.78 is 16.1. The van der Waals surface area contributed by atoms with Crippen LogP contribution in [0.15, 0.2) is 0 Å². The molecule has 3 amide bonds. The number of methoxy groups -OCH3 is 2. The summed E-state index contributed by atoms with van der Waals surface area (Å²) in [5.41, 5.74) is -0.455. The van der Waals surface area contributed by atoms with Crippen LogP contribution < -0.4 is 5.32 Å². The molecule has 2 rings (SSSR count). The Bertz CT molecular complexity index is 588. The lowest BCUT2D eigenvalue weighted by Gasteiger charge is -2.39. The van der Waals surface area contributed by atoms with E-state index in [9.17, 15) is 14.7 Å². The molecule has 0 radical (unpaired) electrons. The fraction of sp³-hybridized carbons (Fsp3) is 0.913. The molecule has 2 aliphatic rings. The number of ether oxygens (including phenoxy) is 3. The normalized spacial score (nSPS) is 27.7. The molecule has 2 saturated heterocycles. The molecular formula is C23H43N3O6. The largest absolute Gasteiger partial charge is 0.391 e. The monoisotopic (exact) mass is 457 g/mol. The first kappa shape index (κ1) is 26.8. The molecule has 0 aromatic rings. The minimum Gasteiger partial charge on any atom is -0.391 e. The minimum atomic E-state index is -0.683. The van der Waals surface area contributed by atoms with E-state index < -0.39 is 11.5 Å². The number of urea groups is 1. The maximum absolute atomic E-state index is 13.2. The molecule has 0 aromatic heterocycles. The Morgan fingerprint density at radius 1 is 1.19 bits per heavy atom. The van der Waals surface area contributed by atoms with Crippen molar-refractivity contribution in [1.82, 2.24) is 15.1 Å². The molecule has 0 unspecified atom stereocenters. The number of nitrogens with one attached hydrogen (secondary N) is 1. The zero-order valence-electron chi connectivity index (χ0n) is 20.3. The Balaban J connectivity index is 2.10. The van der Waals surface area contributed by atoms with E-state index in [0.29, 0.717) is 59.0 Å². The second kappa shape index (κ2) is 13.3. The lowest BCUT2D eigenvalue weighted by Crippen LogP contribution is -2.50. The van der Waals surface area contributed by atoms with Crippen molar-refractivity contribution in [2.75, 3.05) is 73.4 Å². The van der Waals surface area contributed by atoms with Gasteiger partial charge in [0.1, 0.15) is 0 Å². The number of carbonyl (C=O) groups is 2. The Kier molecular flexibility index (Phi) is 11.2. The second-order valence-electron chi connectivity index (χ2n) is 9.72. The van der Waals surface area contributed by atoms with Crippen LogP contribution >= 0.6 is 0 Å². The van der Waals surface area contributed by atoms with Gasteiger partial charge in [0.2, 0.25) is 5.91 Å². The molecule has 2 fully saturated rings. The number of rotatable bonds is 6. The lowest BCUT2D eigenvalue weighted by atomic mass is 9.80. The van der Waals surface area contributed by atoms with Crippen LogP contribution in [0.1, 0.15) is 39.5 Å². The molecule has 3 atom stereocenters. The second-order valence-corrected chi connectivity index (χ2v) is 9.72. The fourth-order valence-corrected chi connectivity index (χ4v) is 4.44. The highest BCUT2D eigenvalue weighted by atomic mass is 16.5. The van der Waals surface area contributed by atoms with E-state index in [0.717, 1.165) is 19.3 Å². The van der Waals surface area contributed by atoms with Crippen molar-refractivity contribution < 1.29 is 28.9 Å². The van der Waals surface area contributed by atoms with E-state index in [4.69, 9.17) is 14.2 Å². The number of β-amino-alcohol motifs (C(OH)–C–C–N with tert-alkyl or cyclic N) is 1. The van der Waals surface area contributed by atoms with Gasteiger partial charge in [-0.2, -0.15) is 0 Å². The van der Waals surface area contributed by atoms with Gasteiger partial charge in [-0.15, -0.1) is 0 Å². The van der Waals surface area contributed by atoms with Crippen molar-refractivity contribution in [2.24, 2.45) is 17.3 Å². The average Bonchev–Trinajstić information content (AvgIpc) is 2.76. The highest BCUT2D eigenvalue weighted by molar-refractivity contribution is 5.77. The van der Waals surface area contributed by atoms with Gasteiger partial charge in [0.05, 0.1) is 25.9 Å². The maximum Gasteiger partial charge on any atom is 0.317 e. The van der Waals surface area contributed by atoms with Gasteiger partial charge in [0.15, 0.2) is 0 Å². The van der Waals surface area contributed by atoms with E-state index in [1.165, 1.54) is 0 Å². The molecule has 0 aliphatic carbocycles. The quantitative estimate of drug-likeness (QED) is 0.584. The standard InChI is InChI=1S/C23H43N3O6/c1-23(2)17-32-11-5-6-19-15-26(22(29)24-8-12-30-3)9-7-18(19)14-21(28)25(10-13-31-4)16-20(23)27/h18-20,27H,5-17H2,1-4H3,(H,24,29)/t18-,19-,20-/m0/s1.